The maximum atomic E-state index is 12.7. The molecule has 0 saturated carbocycles. The normalized spacial score (nSPS) is 26.3. The number of piperazine rings is 1. The van der Waals surface area contributed by atoms with E-state index in [4.69, 9.17) is 4.99 Å². The van der Waals surface area contributed by atoms with Gasteiger partial charge in [0.2, 0.25) is 11.8 Å². The molecule has 3 rings (SSSR count). The lowest BCUT2D eigenvalue weighted by atomic mass is 10.0. The van der Waals surface area contributed by atoms with E-state index in [1.165, 1.54) is 12.8 Å². The number of hydrogen-bond acceptors (Lipinski definition) is 5. The predicted octanol–water partition coefficient (Wildman–Crippen LogP) is 1.74. The summed E-state index contributed by atoms with van der Waals surface area (Å²) in [7, 11) is 0. The Morgan fingerprint density at radius 3 is 2.88 bits per heavy atom. The second-order valence-corrected chi connectivity index (χ2v) is 6.39. The maximum absolute atomic E-state index is 12.7. The molecule has 2 aliphatic heterocycles. The Morgan fingerprint density at radius 2 is 2.16 bits per heavy atom. The summed E-state index contributed by atoms with van der Waals surface area (Å²) in [4.78, 5) is 19.5. The minimum Gasteiger partial charge on any atom is -0.353 e. The molecule has 0 aromatic heterocycles. The van der Waals surface area contributed by atoms with Crippen molar-refractivity contribution in [1.29, 1.82) is 0 Å². The van der Waals surface area contributed by atoms with Crippen LogP contribution in [0.3, 0.4) is 0 Å². The number of unbranched alkanes of at least 4 members (excludes halogenated alkanes) is 2. The number of amides is 1. The predicted molar refractivity (Wildman–Crippen MR) is 99.9 cm³/mol. The molecule has 1 fully saturated rings. The van der Waals surface area contributed by atoms with Crippen LogP contribution in [-0.2, 0) is 4.79 Å². The fourth-order valence-electron chi connectivity index (χ4n) is 3.37. The van der Waals surface area contributed by atoms with Gasteiger partial charge in [0.25, 0.3) is 0 Å². The minimum absolute atomic E-state index is 0.0127. The molecular formula is C19H27N5O. The van der Waals surface area contributed by atoms with Crippen molar-refractivity contribution < 1.29 is 4.79 Å². The number of benzene rings is 1. The summed E-state index contributed by atoms with van der Waals surface area (Å²) in [5, 5.41) is 9.89. The van der Waals surface area contributed by atoms with Crippen LogP contribution in [0.15, 0.2) is 47.6 Å². The van der Waals surface area contributed by atoms with Gasteiger partial charge in [-0.25, -0.2) is 9.89 Å². The zero-order valence-corrected chi connectivity index (χ0v) is 14.7. The average Bonchev–Trinajstić information content (AvgIpc) is 2.66. The molecule has 3 N–H and O–H groups in total. The first-order chi connectivity index (χ1) is 12.3. The van der Waals surface area contributed by atoms with E-state index in [0.717, 1.165) is 18.5 Å². The summed E-state index contributed by atoms with van der Waals surface area (Å²) < 4.78 is 0. The van der Waals surface area contributed by atoms with E-state index in [1.54, 1.807) is 6.21 Å². The van der Waals surface area contributed by atoms with Gasteiger partial charge in [-0.2, -0.15) is 0 Å². The van der Waals surface area contributed by atoms with Crippen LogP contribution in [0.4, 0.5) is 0 Å². The van der Waals surface area contributed by atoms with Crippen LogP contribution in [0, 0.1) is 0 Å². The summed E-state index contributed by atoms with van der Waals surface area (Å²) >= 11 is 0. The van der Waals surface area contributed by atoms with Crippen LogP contribution in [0.25, 0.3) is 0 Å². The summed E-state index contributed by atoms with van der Waals surface area (Å²) in [6.45, 7) is 4.35. The largest absolute Gasteiger partial charge is 0.353 e. The van der Waals surface area contributed by atoms with Gasteiger partial charge in [0.05, 0.1) is 0 Å². The van der Waals surface area contributed by atoms with Gasteiger partial charge in [-0.05, 0) is 18.1 Å². The highest BCUT2D eigenvalue weighted by Gasteiger charge is 2.45. The zero-order valence-electron chi connectivity index (χ0n) is 14.7. The lowest BCUT2D eigenvalue weighted by molar-refractivity contribution is -0.135. The van der Waals surface area contributed by atoms with E-state index < -0.39 is 5.91 Å². The number of aliphatic imine (C=N–C) groups is 1. The number of nitrogens with zero attached hydrogens (tertiary/aromatic N) is 2. The van der Waals surface area contributed by atoms with E-state index in [2.05, 4.69) is 27.8 Å². The van der Waals surface area contributed by atoms with Crippen molar-refractivity contribution in [3.63, 3.8) is 0 Å². The fourth-order valence-corrected chi connectivity index (χ4v) is 3.37. The average molecular weight is 341 g/mol. The highest BCUT2D eigenvalue weighted by atomic mass is 16.2. The summed E-state index contributed by atoms with van der Waals surface area (Å²) in [6, 6.07) is 9.51. The second kappa shape index (κ2) is 8.27. The van der Waals surface area contributed by atoms with Crippen molar-refractivity contribution in [3.05, 3.63) is 48.2 Å². The number of carbonyl (C=O) groups is 1. The summed E-state index contributed by atoms with van der Waals surface area (Å²) in [5.74, 6) is -0.778. The van der Waals surface area contributed by atoms with Gasteiger partial charge in [0, 0.05) is 32.0 Å². The molecule has 2 heterocycles. The van der Waals surface area contributed by atoms with Crippen LogP contribution < -0.4 is 16.0 Å². The van der Waals surface area contributed by atoms with Gasteiger partial charge < -0.3 is 10.6 Å². The Labute approximate surface area is 149 Å². The highest BCUT2D eigenvalue weighted by Crippen LogP contribution is 2.29. The molecule has 0 aliphatic carbocycles. The van der Waals surface area contributed by atoms with Gasteiger partial charge in [0.15, 0.2) is 0 Å². The van der Waals surface area contributed by atoms with Crippen molar-refractivity contribution in [3.8, 4) is 0 Å². The van der Waals surface area contributed by atoms with E-state index in [0.29, 0.717) is 13.1 Å². The van der Waals surface area contributed by atoms with Crippen LogP contribution in [-0.4, -0.2) is 42.6 Å². The van der Waals surface area contributed by atoms with Crippen molar-refractivity contribution in [2.24, 2.45) is 4.99 Å². The third kappa shape index (κ3) is 3.91. The minimum atomic E-state index is -0.791. The molecule has 1 saturated heterocycles. The molecule has 0 spiro atoms. The second-order valence-electron chi connectivity index (χ2n) is 6.39. The molecule has 6 heteroatoms. The molecule has 6 nitrogen and oxygen atoms in total. The third-order valence-electron chi connectivity index (χ3n) is 4.62. The van der Waals surface area contributed by atoms with Gasteiger partial charge in [-0.15, -0.1) is 0 Å². The van der Waals surface area contributed by atoms with Gasteiger partial charge in [0.1, 0.15) is 6.04 Å². The Balaban J connectivity index is 1.88. The van der Waals surface area contributed by atoms with Crippen LogP contribution in [0.5, 0.6) is 0 Å². The lowest BCUT2D eigenvalue weighted by Crippen LogP contribution is -2.70. The van der Waals surface area contributed by atoms with Crippen molar-refractivity contribution in [2.45, 2.75) is 38.1 Å². The SMILES string of the molecule is CCCCCNC1(N2CCNC(=O)C2c2ccccc2)N=CC=CN1. The molecule has 1 aromatic carbocycles. The van der Waals surface area contributed by atoms with Gasteiger partial charge in [-0.1, -0.05) is 50.1 Å². The lowest BCUT2D eigenvalue weighted by Gasteiger charge is -2.47. The van der Waals surface area contributed by atoms with Crippen LogP contribution >= 0.6 is 0 Å². The molecule has 134 valence electrons. The molecule has 2 aliphatic rings. The molecule has 25 heavy (non-hydrogen) atoms. The monoisotopic (exact) mass is 341 g/mol. The number of hydrogen-bond donors (Lipinski definition) is 3. The van der Waals surface area contributed by atoms with E-state index in [9.17, 15) is 4.79 Å². The molecule has 0 bridgehead atoms. The molecule has 1 amide bonds. The third-order valence-corrected chi connectivity index (χ3v) is 4.62. The van der Waals surface area contributed by atoms with Crippen LogP contribution in [0.1, 0.15) is 37.8 Å². The first-order valence-corrected chi connectivity index (χ1v) is 9.09. The first kappa shape index (κ1) is 17.6. The zero-order chi connectivity index (χ0) is 17.5. The first-order valence-electron chi connectivity index (χ1n) is 9.09. The maximum Gasteiger partial charge on any atom is 0.247 e. The van der Waals surface area contributed by atoms with Gasteiger partial charge in [-0.3, -0.25) is 10.1 Å². The molecule has 2 atom stereocenters. The van der Waals surface area contributed by atoms with E-state index in [-0.39, 0.29) is 11.9 Å². The number of nitrogens with one attached hydrogen (secondary N) is 3. The topological polar surface area (TPSA) is 68.8 Å². The standard InChI is InChI=1S/C19H27N5O/c1-2-3-7-11-21-19(22-12-8-13-23-19)24-15-14-20-18(25)17(24)16-9-5-4-6-10-16/h4-6,8-10,12-13,17,21-22H,2-3,7,11,14-15H2,1H3,(H,20,25). The Morgan fingerprint density at radius 1 is 1.32 bits per heavy atom. The smallest absolute Gasteiger partial charge is 0.247 e. The number of rotatable bonds is 7. The van der Waals surface area contributed by atoms with E-state index in [1.807, 2.05) is 42.6 Å². The molecule has 1 aromatic rings. The molecule has 2 unspecified atom stereocenters. The Bertz CT molecular complexity index is 630. The van der Waals surface area contributed by atoms with E-state index >= 15 is 0 Å². The Kier molecular flexibility index (Phi) is 5.83. The quantitative estimate of drug-likeness (QED) is 0.661. The number of allylic oxidation sites excluding steroid dienone is 1. The van der Waals surface area contributed by atoms with Crippen molar-refractivity contribution >= 4 is 12.1 Å². The van der Waals surface area contributed by atoms with Crippen LogP contribution in [0.2, 0.25) is 0 Å². The van der Waals surface area contributed by atoms with Gasteiger partial charge >= 0.3 is 0 Å². The fraction of sp³-hybridized carbons (Fsp3) is 0.474. The Hall–Kier alpha value is -2.18. The van der Waals surface area contributed by atoms with Crippen molar-refractivity contribution in [1.82, 2.24) is 20.9 Å². The molecule has 0 radical (unpaired) electrons. The summed E-state index contributed by atoms with van der Waals surface area (Å²) in [5.41, 5.74) is 0.973. The summed E-state index contributed by atoms with van der Waals surface area (Å²) in [6.07, 6.45) is 8.96. The highest BCUT2D eigenvalue weighted by molar-refractivity contribution is 5.84. The molecular weight excluding hydrogens is 314 g/mol. The van der Waals surface area contributed by atoms with Crippen molar-refractivity contribution in [2.75, 3.05) is 19.6 Å². The number of carbonyl (C=O) groups excluding carboxylic acids is 1.